The Hall–Kier alpha value is -2.78. The third-order valence-corrected chi connectivity index (χ3v) is 5.48. The van der Waals surface area contributed by atoms with Gasteiger partial charge in [0.2, 0.25) is 0 Å². The Morgan fingerprint density at radius 1 is 1.07 bits per heavy atom. The first kappa shape index (κ1) is 19.0. The summed E-state index contributed by atoms with van der Waals surface area (Å²) in [5.41, 5.74) is 1.05. The number of benzene rings is 2. The van der Waals surface area contributed by atoms with Crippen LogP contribution in [-0.4, -0.2) is 48.3 Å². The second-order valence-corrected chi connectivity index (χ2v) is 7.42. The Morgan fingerprint density at radius 2 is 1.81 bits per heavy atom. The van der Waals surface area contributed by atoms with Crippen LogP contribution >= 0.6 is 0 Å². The molecule has 1 saturated heterocycles. The Labute approximate surface area is 157 Å². The van der Waals surface area contributed by atoms with Gasteiger partial charge in [-0.15, -0.1) is 0 Å². The van der Waals surface area contributed by atoms with Crippen molar-refractivity contribution in [3.8, 4) is 11.5 Å². The Balaban J connectivity index is 1.83. The van der Waals surface area contributed by atoms with Gasteiger partial charge in [-0.05, 0) is 36.4 Å². The van der Waals surface area contributed by atoms with Crippen molar-refractivity contribution in [3.05, 3.63) is 42.5 Å². The number of nitrogens with zero attached hydrogens (tertiary/aromatic N) is 1. The van der Waals surface area contributed by atoms with Gasteiger partial charge in [-0.2, -0.15) is 0 Å². The predicted molar refractivity (Wildman–Crippen MR) is 100.0 cm³/mol. The normalized spacial score (nSPS) is 14.7. The molecular weight excluding hydrogens is 372 g/mol. The van der Waals surface area contributed by atoms with Crippen molar-refractivity contribution < 1.29 is 27.4 Å². The molecule has 0 aromatic heterocycles. The highest BCUT2D eigenvalue weighted by Gasteiger charge is 2.22. The fourth-order valence-electron chi connectivity index (χ4n) is 2.70. The zero-order chi connectivity index (χ0) is 19.4. The zero-order valence-electron chi connectivity index (χ0n) is 15.0. The van der Waals surface area contributed by atoms with Crippen LogP contribution in [0.15, 0.2) is 47.4 Å². The molecule has 2 aromatic rings. The minimum absolute atomic E-state index is 0.0308. The molecule has 2 aromatic carbocycles. The number of hydrogen-bond donors (Lipinski definition) is 1. The largest absolute Gasteiger partial charge is 0.497 e. The van der Waals surface area contributed by atoms with Gasteiger partial charge in [-0.1, -0.05) is 0 Å². The van der Waals surface area contributed by atoms with Crippen molar-refractivity contribution >= 4 is 27.3 Å². The number of carbonyl (C=O) groups is 1. The monoisotopic (exact) mass is 392 g/mol. The maximum Gasteiger partial charge on any atom is 0.265 e. The van der Waals surface area contributed by atoms with E-state index in [2.05, 4.69) is 4.72 Å². The van der Waals surface area contributed by atoms with E-state index in [0.717, 1.165) is 0 Å². The van der Waals surface area contributed by atoms with Crippen LogP contribution in [0.4, 0.5) is 11.4 Å². The van der Waals surface area contributed by atoms with Gasteiger partial charge < -0.3 is 19.1 Å². The van der Waals surface area contributed by atoms with Crippen LogP contribution in [0.3, 0.4) is 0 Å². The summed E-state index contributed by atoms with van der Waals surface area (Å²) in [5, 5.41) is 0. The molecule has 144 valence electrons. The van der Waals surface area contributed by atoms with E-state index in [4.69, 9.17) is 14.2 Å². The molecule has 0 spiro atoms. The fourth-order valence-corrected chi connectivity index (χ4v) is 3.95. The Bertz CT molecular complexity index is 927. The van der Waals surface area contributed by atoms with Crippen molar-refractivity contribution in [2.45, 2.75) is 4.90 Å². The molecule has 0 bridgehead atoms. The van der Waals surface area contributed by atoms with Crippen LogP contribution in [-0.2, 0) is 19.6 Å². The van der Waals surface area contributed by atoms with Crippen molar-refractivity contribution in [1.29, 1.82) is 0 Å². The number of morpholine rings is 1. The second-order valence-electron chi connectivity index (χ2n) is 5.77. The minimum atomic E-state index is -3.89. The number of amides is 1. The number of sulfonamides is 1. The molecule has 1 heterocycles. The van der Waals surface area contributed by atoms with Crippen LogP contribution in [0.25, 0.3) is 0 Å². The van der Waals surface area contributed by atoms with Crippen LogP contribution in [0.5, 0.6) is 11.5 Å². The van der Waals surface area contributed by atoms with Gasteiger partial charge in [-0.25, -0.2) is 8.42 Å². The molecule has 0 saturated carbocycles. The number of anilines is 2. The molecule has 8 nitrogen and oxygen atoms in total. The zero-order valence-corrected chi connectivity index (χ0v) is 15.8. The van der Waals surface area contributed by atoms with E-state index in [1.807, 2.05) is 0 Å². The molecule has 1 N–H and O–H groups in total. The molecule has 0 radical (unpaired) electrons. The summed E-state index contributed by atoms with van der Waals surface area (Å²) in [6.07, 6.45) is 0. The highest BCUT2D eigenvalue weighted by Crippen LogP contribution is 2.30. The number of nitrogens with one attached hydrogen (secondary N) is 1. The minimum Gasteiger partial charge on any atom is -0.497 e. The topological polar surface area (TPSA) is 94.2 Å². The summed E-state index contributed by atoms with van der Waals surface area (Å²) in [5.74, 6) is 0.479. The number of ether oxygens (including phenoxy) is 3. The lowest BCUT2D eigenvalue weighted by atomic mass is 10.2. The summed E-state index contributed by atoms with van der Waals surface area (Å²) in [6, 6.07) is 11.1. The third-order valence-electron chi connectivity index (χ3n) is 4.08. The first-order chi connectivity index (χ1) is 12.9. The number of hydrogen-bond acceptors (Lipinski definition) is 6. The van der Waals surface area contributed by atoms with E-state index in [9.17, 15) is 13.2 Å². The average Bonchev–Trinajstić information content (AvgIpc) is 2.68. The predicted octanol–water partition coefficient (Wildman–Crippen LogP) is 1.87. The van der Waals surface area contributed by atoms with Crippen LogP contribution in [0.2, 0.25) is 0 Å². The molecule has 9 heteroatoms. The Morgan fingerprint density at radius 3 is 2.44 bits per heavy atom. The van der Waals surface area contributed by atoms with Gasteiger partial charge in [0.1, 0.15) is 23.0 Å². The van der Waals surface area contributed by atoms with Crippen LogP contribution in [0, 0.1) is 0 Å². The maximum atomic E-state index is 12.8. The second kappa shape index (κ2) is 7.85. The fraction of sp³-hybridized carbons (Fsp3) is 0.278. The highest BCUT2D eigenvalue weighted by molar-refractivity contribution is 7.92. The third kappa shape index (κ3) is 4.15. The summed E-state index contributed by atoms with van der Waals surface area (Å²) >= 11 is 0. The molecule has 27 heavy (non-hydrogen) atoms. The lowest BCUT2D eigenvalue weighted by Gasteiger charge is -2.27. The Kier molecular flexibility index (Phi) is 5.52. The SMILES string of the molecule is COc1ccc(OC)c(S(=O)(=O)Nc2ccc(N3CCOCC3=O)cc2)c1. The van der Waals surface area contributed by atoms with E-state index >= 15 is 0 Å². The van der Waals surface area contributed by atoms with E-state index in [0.29, 0.717) is 30.3 Å². The van der Waals surface area contributed by atoms with Crippen molar-refractivity contribution in [3.63, 3.8) is 0 Å². The molecular formula is C18H20N2O6S. The first-order valence-electron chi connectivity index (χ1n) is 8.17. The van der Waals surface area contributed by atoms with Crippen molar-refractivity contribution in [2.75, 3.05) is 43.6 Å². The van der Waals surface area contributed by atoms with Gasteiger partial charge in [0, 0.05) is 24.0 Å². The lowest BCUT2D eigenvalue weighted by Crippen LogP contribution is -2.41. The molecule has 0 atom stereocenters. The lowest BCUT2D eigenvalue weighted by molar-refractivity contribution is -0.125. The summed E-state index contributed by atoms with van der Waals surface area (Å²) in [6.45, 7) is 0.977. The quantitative estimate of drug-likeness (QED) is 0.807. The van der Waals surface area contributed by atoms with Crippen molar-refractivity contribution in [2.24, 2.45) is 0 Å². The molecule has 1 fully saturated rings. The van der Waals surface area contributed by atoms with Crippen LogP contribution < -0.4 is 19.1 Å². The number of methoxy groups -OCH3 is 2. The maximum absolute atomic E-state index is 12.8. The van der Waals surface area contributed by atoms with E-state index < -0.39 is 10.0 Å². The summed E-state index contributed by atoms with van der Waals surface area (Å²) < 4.78 is 43.4. The molecule has 0 unspecified atom stereocenters. The molecule has 1 aliphatic heterocycles. The number of rotatable bonds is 6. The summed E-state index contributed by atoms with van der Waals surface area (Å²) in [7, 11) is -1.04. The van der Waals surface area contributed by atoms with Gasteiger partial charge in [0.15, 0.2) is 0 Å². The number of carbonyl (C=O) groups excluding carboxylic acids is 1. The van der Waals surface area contributed by atoms with E-state index in [1.165, 1.54) is 26.4 Å². The first-order valence-corrected chi connectivity index (χ1v) is 9.66. The molecule has 1 aliphatic rings. The van der Waals surface area contributed by atoms with Gasteiger partial charge in [-0.3, -0.25) is 9.52 Å². The van der Waals surface area contributed by atoms with Gasteiger partial charge in [0.25, 0.3) is 15.9 Å². The standard InChI is InChI=1S/C18H20N2O6S/c1-24-15-7-8-16(25-2)17(11-15)27(22,23)19-13-3-5-14(6-4-13)20-9-10-26-12-18(20)21/h3-8,11,19H,9-10,12H2,1-2H3. The van der Waals surface area contributed by atoms with E-state index in [1.54, 1.807) is 35.2 Å². The van der Waals surface area contributed by atoms with E-state index in [-0.39, 0.29) is 23.2 Å². The van der Waals surface area contributed by atoms with Gasteiger partial charge in [0.05, 0.1) is 20.8 Å². The molecule has 0 aliphatic carbocycles. The molecule has 1 amide bonds. The smallest absolute Gasteiger partial charge is 0.265 e. The molecule has 3 rings (SSSR count). The highest BCUT2D eigenvalue weighted by atomic mass is 32.2. The van der Waals surface area contributed by atoms with Crippen LogP contribution in [0.1, 0.15) is 0 Å². The van der Waals surface area contributed by atoms with Gasteiger partial charge >= 0.3 is 0 Å². The average molecular weight is 392 g/mol. The summed E-state index contributed by atoms with van der Waals surface area (Å²) in [4.78, 5) is 13.5. The van der Waals surface area contributed by atoms with Crippen molar-refractivity contribution in [1.82, 2.24) is 0 Å².